The van der Waals surface area contributed by atoms with E-state index >= 15 is 0 Å². The van der Waals surface area contributed by atoms with Crippen LogP contribution in [-0.4, -0.2) is 56.2 Å². The number of benzene rings is 1. The van der Waals surface area contributed by atoms with Crippen molar-refractivity contribution in [2.45, 2.75) is 37.3 Å². The molecule has 0 aromatic heterocycles. The average molecular weight is 398 g/mol. The van der Waals surface area contributed by atoms with Gasteiger partial charge in [-0.3, -0.25) is 9.69 Å². The number of methoxy groups -OCH3 is 2. The number of amides is 1. The number of rotatable bonds is 2. The molecule has 7 nitrogen and oxygen atoms in total. The number of esters is 1. The van der Waals surface area contributed by atoms with Gasteiger partial charge in [0, 0.05) is 36.2 Å². The van der Waals surface area contributed by atoms with Crippen LogP contribution in [0.2, 0.25) is 0 Å². The van der Waals surface area contributed by atoms with Crippen molar-refractivity contribution in [2.75, 3.05) is 32.6 Å². The number of nitrogens with zero attached hydrogens (tertiary/aromatic N) is 1. The summed E-state index contributed by atoms with van der Waals surface area (Å²) in [6.07, 6.45) is 3.11. The number of hydrogen-bond donors (Lipinski definition) is 1. The number of anilines is 1. The lowest BCUT2D eigenvalue weighted by Crippen LogP contribution is -2.56. The third-order valence-corrected chi connectivity index (χ3v) is 7.44. The van der Waals surface area contributed by atoms with Gasteiger partial charge in [-0.25, -0.2) is 4.79 Å². The van der Waals surface area contributed by atoms with Crippen LogP contribution in [0.3, 0.4) is 0 Å². The van der Waals surface area contributed by atoms with Crippen LogP contribution < -0.4 is 10.1 Å². The average Bonchev–Trinajstić information content (AvgIpc) is 3.25. The van der Waals surface area contributed by atoms with Gasteiger partial charge in [-0.2, -0.15) is 0 Å². The molecule has 0 saturated carbocycles. The minimum Gasteiger partial charge on any atom is -0.497 e. The molecule has 2 saturated heterocycles. The number of carbonyl (C=O) groups is 2. The Labute approximate surface area is 170 Å². The number of nitrogens with one attached hydrogen (secondary N) is 1. The summed E-state index contributed by atoms with van der Waals surface area (Å²) in [5, 5.41) is 3.09. The van der Waals surface area contributed by atoms with Crippen molar-refractivity contribution in [3.63, 3.8) is 0 Å². The van der Waals surface area contributed by atoms with E-state index in [0.717, 1.165) is 42.9 Å². The van der Waals surface area contributed by atoms with Crippen molar-refractivity contribution in [3.05, 3.63) is 35.6 Å². The Bertz CT molecular complexity index is 912. The second kappa shape index (κ2) is 6.49. The molecule has 1 amide bonds. The van der Waals surface area contributed by atoms with E-state index in [1.165, 1.54) is 7.11 Å². The predicted octanol–water partition coefficient (Wildman–Crippen LogP) is 2.07. The van der Waals surface area contributed by atoms with E-state index in [-0.39, 0.29) is 35.9 Å². The minimum absolute atomic E-state index is 0.0255. The summed E-state index contributed by atoms with van der Waals surface area (Å²) in [5.74, 6) is 0.676. The molecule has 154 valence electrons. The normalized spacial score (nSPS) is 35.1. The Morgan fingerprint density at radius 3 is 2.93 bits per heavy atom. The number of piperidine rings is 1. The van der Waals surface area contributed by atoms with Gasteiger partial charge in [-0.1, -0.05) is 6.07 Å². The van der Waals surface area contributed by atoms with Crippen molar-refractivity contribution in [2.24, 2.45) is 11.8 Å². The molecule has 4 aliphatic rings. The standard InChI is InChI=1S/C22H26N2O5/c1-12-15-10-24-7-6-22(17-5-4-13(27-2)8-18(17)23-21(22)26)19(24)9-14(15)16(11-29-12)20(25)28-3/h4-5,8,11-12,14-15,19H,6-7,9-10H2,1-3H3,(H,23,26)/t12-,14-,15+,19-,22+/m0/s1. The molecule has 0 unspecified atom stereocenters. The molecule has 7 heteroatoms. The highest BCUT2D eigenvalue weighted by molar-refractivity contribution is 6.07. The molecule has 2 fully saturated rings. The maximum atomic E-state index is 13.3. The molecule has 0 bridgehead atoms. The molecule has 0 aliphatic carbocycles. The topological polar surface area (TPSA) is 77.1 Å². The lowest BCUT2D eigenvalue weighted by molar-refractivity contribution is -0.139. The van der Waals surface area contributed by atoms with E-state index in [0.29, 0.717) is 5.57 Å². The van der Waals surface area contributed by atoms with Gasteiger partial charge < -0.3 is 19.5 Å². The molecule has 1 spiro atoms. The zero-order valence-electron chi connectivity index (χ0n) is 16.9. The fourth-order valence-electron chi connectivity index (χ4n) is 5.93. The van der Waals surface area contributed by atoms with E-state index < -0.39 is 5.41 Å². The first-order valence-electron chi connectivity index (χ1n) is 10.2. The summed E-state index contributed by atoms with van der Waals surface area (Å²) in [7, 11) is 3.02. The van der Waals surface area contributed by atoms with Crippen molar-refractivity contribution in [1.29, 1.82) is 0 Å². The third-order valence-electron chi connectivity index (χ3n) is 7.44. The number of carbonyl (C=O) groups excluding carboxylic acids is 2. The lowest BCUT2D eigenvalue weighted by atomic mass is 9.66. The molecule has 0 radical (unpaired) electrons. The molecular formula is C22H26N2O5. The zero-order valence-corrected chi connectivity index (χ0v) is 16.9. The zero-order chi connectivity index (χ0) is 20.3. The van der Waals surface area contributed by atoms with Crippen LogP contribution in [0, 0.1) is 11.8 Å². The lowest BCUT2D eigenvalue weighted by Gasteiger charge is -2.48. The number of hydrogen-bond acceptors (Lipinski definition) is 6. The smallest absolute Gasteiger partial charge is 0.337 e. The van der Waals surface area contributed by atoms with Crippen molar-refractivity contribution >= 4 is 17.6 Å². The van der Waals surface area contributed by atoms with Crippen LogP contribution in [0.5, 0.6) is 5.75 Å². The van der Waals surface area contributed by atoms with Crippen molar-refractivity contribution < 1.29 is 23.8 Å². The Morgan fingerprint density at radius 1 is 1.34 bits per heavy atom. The van der Waals surface area contributed by atoms with Gasteiger partial charge >= 0.3 is 5.97 Å². The summed E-state index contributed by atoms with van der Waals surface area (Å²) < 4.78 is 16.1. The van der Waals surface area contributed by atoms with Gasteiger partial charge in [0.1, 0.15) is 5.75 Å². The molecular weight excluding hydrogens is 372 g/mol. The largest absolute Gasteiger partial charge is 0.497 e. The van der Waals surface area contributed by atoms with Gasteiger partial charge in [0.25, 0.3) is 0 Å². The van der Waals surface area contributed by atoms with Crippen LogP contribution in [0.4, 0.5) is 5.69 Å². The SMILES string of the molecule is COC(=O)C1=CO[C@@H](C)[C@H]2CN3CC[C@]4(C(=O)Nc5cc(OC)ccc54)[C@@H]3C[C@H]12. The molecule has 5 rings (SSSR count). The monoisotopic (exact) mass is 398 g/mol. The molecule has 4 heterocycles. The third kappa shape index (κ3) is 2.46. The van der Waals surface area contributed by atoms with Gasteiger partial charge in [0.05, 0.1) is 37.6 Å². The number of fused-ring (bicyclic) bond motifs is 5. The van der Waals surface area contributed by atoms with Gasteiger partial charge in [0.2, 0.25) is 5.91 Å². The van der Waals surface area contributed by atoms with E-state index in [1.807, 2.05) is 18.2 Å². The second-order valence-electron chi connectivity index (χ2n) is 8.51. The fraction of sp³-hybridized carbons (Fsp3) is 0.545. The summed E-state index contributed by atoms with van der Waals surface area (Å²) in [6, 6.07) is 5.88. The molecule has 5 atom stereocenters. The first-order valence-corrected chi connectivity index (χ1v) is 10.2. The summed E-state index contributed by atoms with van der Waals surface area (Å²) in [4.78, 5) is 28.1. The number of ether oxygens (including phenoxy) is 3. The van der Waals surface area contributed by atoms with E-state index in [2.05, 4.69) is 17.1 Å². The Morgan fingerprint density at radius 2 is 2.17 bits per heavy atom. The highest BCUT2D eigenvalue weighted by Crippen LogP contribution is 2.54. The summed E-state index contributed by atoms with van der Waals surface area (Å²) >= 11 is 0. The van der Waals surface area contributed by atoms with Gasteiger partial charge in [-0.15, -0.1) is 0 Å². The predicted molar refractivity (Wildman–Crippen MR) is 106 cm³/mol. The summed E-state index contributed by atoms with van der Waals surface area (Å²) in [6.45, 7) is 3.72. The van der Waals surface area contributed by atoms with Gasteiger partial charge in [-0.05, 0) is 37.9 Å². The van der Waals surface area contributed by atoms with E-state index in [4.69, 9.17) is 14.2 Å². The molecule has 1 N–H and O–H groups in total. The van der Waals surface area contributed by atoms with Crippen LogP contribution in [0.15, 0.2) is 30.0 Å². The van der Waals surface area contributed by atoms with Crippen LogP contribution >= 0.6 is 0 Å². The van der Waals surface area contributed by atoms with Crippen molar-refractivity contribution in [3.8, 4) is 5.75 Å². The van der Waals surface area contributed by atoms with E-state index in [1.54, 1.807) is 13.4 Å². The highest BCUT2D eigenvalue weighted by atomic mass is 16.5. The Balaban J connectivity index is 1.54. The Kier molecular flexibility index (Phi) is 4.13. The molecule has 1 aromatic rings. The molecule has 4 aliphatic heterocycles. The van der Waals surface area contributed by atoms with Gasteiger partial charge in [0.15, 0.2) is 0 Å². The van der Waals surface area contributed by atoms with Crippen LogP contribution in [0.25, 0.3) is 0 Å². The Hall–Kier alpha value is -2.54. The molecule has 29 heavy (non-hydrogen) atoms. The van der Waals surface area contributed by atoms with E-state index in [9.17, 15) is 9.59 Å². The van der Waals surface area contributed by atoms with Crippen LogP contribution in [0.1, 0.15) is 25.3 Å². The highest BCUT2D eigenvalue weighted by Gasteiger charge is 2.61. The second-order valence-corrected chi connectivity index (χ2v) is 8.51. The minimum atomic E-state index is -0.588. The quantitative estimate of drug-likeness (QED) is 0.769. The maximum absolute atomic E-state index is 13.3. The first kappa shape index (κ1) is 18.5. The fourth-order valence-corrected chi connectivity index (χ4v) is 5.93. The maximum Gasteiger partial charge on any atom is 0.337 e. The van der Waals surface area contributed by atoms with Crippen LogP contribution in [-0.2, 0) is 24.5 Å². The summed E-state index contributed by atoms with van der Waals surface area (Å²) in [5.41, 5.74) is 1.88. The van der Waals surface area contributed by atoms with Crippen molar-refractivity contribution in [1.82, 2.24) is 4.90 Å². The first-order chi connectivity index (χ1) is 14.0. The molecule has 1 aromatic carbocycles.